The van der Waals surface area contributed by atoms with Crippen molar-refractivity contribution >= 4 is 5.96 Å². The van der Waals surface area contributed by atoms with Crippen LogP contribution >= 0.6 is 0 Å². The number of likely N-dealkylation sites (tertiary alicyclic amines) is 1. The van der Waals surface area contributed by atoms with Gasteiger partial charge in [0.2, 0.25) is 0 Å². The van der Waals surface area contributed by atoms with E-state index in [4.69, 9.17) is 5.73 Å². The summed E-state index contributed by atoms with van der Waals surface area (Å²) in [6.45, 7) is 7.61. The minimum Gasteiger partial charge on any atom is -0.370 e. The Morgan fingerprint density at radius 2 is 1.94 bits per heavy atom. The molecule has 0 aromatic heterocycles. The average molecular weight is 240 g/mol. The van der Waals surface area contributed by atoms with Gasteiger partial charge in [-0.15, -0.1) is 0 Å². The maximum absolute atomic E-state index is 5.73. The van der Waals surface area contributed by atoms with Crippen molar-refractivity contribution in [2.75, 3.05) is 32.7 Å². The largest absolute Gasteiger partial charge is 0.370 e. The molecule has 0 unspecified atom stereocenters. The quantitative estimate of drug-likeness (QED) is 0.421. The van der Waals surface area contributed by atoms with Crippen molar-refractivity contribution in [3.63, 3.8) is 0 Å². The highest BCUT2D eigenvalue weighted by Gasteiger charge is 2.07. The lowest BCUT2D eigenvalue weighted by Gasteiger charge is -2.19. The molecule has 0 radical (unpaired) electrons. The molecule has 0 aromatic rings. The molecular formula is C13H28N4. The van der Waals surface area contributed by atoms with Crippen LogP contribution in [0.1, 0.15) is 45.4 Å². The minimum atomic E-state index is 0.600. The van der Waals surface area contributed by atoms with Gasteiger partial charge < -0.3 is 16.0 Å². The van der Waals surface area contributed by atoms with E-state index in [0.29, 0.717) is 5.96 Å². The number of nitrogens with zero attached hydrogens (tertiary/aromatic N) is 2. The summed E-state index contributed by atoms with van der Waals surface area (Å²) < 4.78 is 0. The lowest BCUT2D eigenvalue weighted by molar-refractivity contribution is 0.282. The second-order valence-electron chi connectivity index (χ2n) is 4.80. The van der Waals surface area contributed by atoms with Crippen molar-refractivity contribution in [3.05, 3.63) is 0 Å². The number of guanidine groups is 1. The molecular weight excluding hydrogens is 212 g/mol. The van der Waals surface area contributed by atoms with Crippen molar-refractivity contribution in [3.8, 4) is 0 Å². The van der Waals surface area contributed by atoms with Crippen LogP contribution in [0.4, 0.5) is 0 Å². The van der Waals surface area contributed by atoms with Crippen LogP contribution in [0.3, 0.4) is 0 Å². The first-order chi connectivity index (χ1) is 8.33. The predicted molar refractivity (Wildman–Crippen MR) is 74.3 cm³/mol. The second-order valence-corrected chi connectivity index (χ2v) is 4.80. The third kappa shape index (κ3) is 7.21. The summed E-state index contributed by atoms with van der Waals surface area (Å²) in [5.74, 6) is 0.600. The van der Waals surface area contributed by atoms with Crippen molar-refractivity contribution in [2.45, 2.75) is 45.4 Å². The molecule has 0 aliphatic carbocycles. The van der Waals surface area contributed by atoms with E-state index < -0.39 is 0 Å². The molecule has 1 aliphatic rings. The van der Waals surface area contributed by atoms with Crippen molar-refractivity contribution in [2.24, 2.45) is 10.7 Å². The third-order valence-corrected chi connectivity index (χ3v) is 3.16. The minimum absolute atomic E-state index is 0.600. The van der Waals surface area contributed by atoms with Gasteiger partial charge in [-0.1, -0.05) is 19.8 Å². The normalized spacial score (nSPS) is 19.0. The molecule has 4 heteroatoms. The topological polar surface area (TPSA) is 53.6 Å². The molecule has 0 saturated carbocycles. The molecule has 3 N–H and O–H groups in total. The molecule has 100 valence electrons. The van der Waals surface area contributed by atoms with Crippen LogP contribution in [0.15, 0.2) is 4.99 Å². The fourth-order valence-corrected chi connectivity index (χ4v) is 2.17. The molecule has 1 rings (SSSR count). The molecule has 0 spiro atoms. The number of nitrogens with two attached hydrogens (primary N) is 1. The summed E-state index contributed by atoms with van der Waals surface area (Å²) in [6.07, 6.45) is 7.76. The first kappa shape index (κ1) is 14.3. The Hall–Kier alpha value is -0.770. The van der Waals surface area contributed by atoms with Gasteiger partial charge in [0.15, 0.2) is 5.96 Å². The molecule has 4 nitrogen and oxygen atoms in total. The van der Waals surface area contributed by atoms with Gasteiger partial charge in [-0.25, -0.2) is 0 Å². The highest BCUT2D eigenvalue weighted by atomic mass is 15.1. The van der Waals surface area contributed by atoms with Gasteiger partial charge >= 0.3 is 0 Å². The second kappa shape index (κ2) is 9.28. The summed E-state index contributed by atoms with van der Waals surface area (Å²) in [6, 6.07) is 0. The van der Waals surface area contributed by atoms with E-state index in [1.165, 1.54) is 45.3 Å². The first-order valence-electron chi connectivity index (χ1n) is 7.09. The van der Waals surface area contributed by atoms with E-state index in [1.54, 1.807) is 0 Å². The van der Waals surface area contributed by atoms with Crippen LogP contribution < -0.4 is 11.1 Å². The number of nitrogens with one attached hydrogen (secondary N) is 1. The van der Waals surface area contributed by atoms with E-state index in [1.807, 2.05) is 0 Å². The lowest BCUT2D eigenvalue weighted by Crippen LogP contribution is -2.35. The summed E-state index contributed by atoms with van der Waals surface area (Å²) in [4.78, 5) is 6.79. The van der Waals surface area contributed by atoms with Crippen LogP contribution in [0, 0.1) is 0 Å². The molecule has 1 fully saturated rings. The highest BCUT2D eigenvalue weighted by Crippen LogP contribution is 2.09. The zero-order valence-corrected chi connectivity index (χ0v) is 11.2. The van der Waals surface area contributed by atoms with Crippen molar-refractivity contribution in [1.29, 1.82) is 0 Å². The smallest absolute Gasteiger partial charge is 0.188 e. The number of hydrogen-bond donors (Lipinski definition) is 2. The maximum atomic E-state index is 5.73. The molecule has 1 heterocycles. The zero-order valence-electron chi connectivity index (χ0n) is 11.2. The number of rotatable bonds is 6. The molecule has 0 aromatic carbocycles. The van der Waals surface area contributed by atoms with Crippen LogP contribution in [-0.2, 0) is 0 Å². The van der Waals surface area contributed by atoms with E-state index in [-0.39, 0.29) is 0 Å². The zero-order chi connectivity index (χ0) is 12.3. The standard InChI is InChI=1S/C13H28N4/c1-2-8-15-13(14)16-9-7-12-17-10-5-3-4-6-11-17/h2-12H2,1H3,(H3,14,15,16). The van der Waals surface area contributed by atoms with Crippen LogP contribution in [0.25, 0.3) is 0 Å². The molecule has 1 saturated heterocycles. The fourth-order valence-electron chi connectivity index (χ4n) is 2.17. The van der Waals surface area contributed by atoms with Gasteiger partial charge in [-0.05, 0) is 45.3 Å². The van der Waals surface area contributed by atoms with Crippen LogP contribution in [0.5, 0.6) is 0 Å². The number of hydrogen-bond acceptors (Lipinski definition) is 2. The monoisotopic (exact) mass is 240 g/mol. The summed E-state index contributed by atoms with van der Waals surface area (Å²) >= 11 is 0. The van der Waals surface area contributed by atoms with Gasteiger partial charge in [-0.3, -0.25) is 4.99 Å². The van der Waals surface area contributed by atoms with Crippen LogP contribution in [0.2, 0.25) is 0 Å². The fraction of sp³-hybridized carbons (Fsp3) is 0.923. The van der Waals surface area contributed by atoms with E-state index in [2.05, 4.69) is 22.1 Å². The lowest BCUT2D eigenvalue weighted by atomic mass is 10.2. The SMILES string of the molecule is CCCN=C(N)NCCCN1CCCCCC1. The average Bonchev–Trinajstić information content (AvgIpc) is 2.60. The van der Waals surface area contributed by atoms with Crippen molar-refractivity contribution in [1.82, 2.24) is 10.2 Å². The molecule has 0 bridgehead atoms. The Morgan fingerprint density at radius 1 is 1.24 bits per heavy atom. The predicted octanol–water partition coefficient (Wildman–Crippen LogP) is 1.57. The van der Waals surface area contributed by atoms with Gasteiger partial charge in [0.05, 0.1) is 0 Å². The highest BCUT2D eigenvalue weighted by molar-refractivity contribution is 5.77. The molecule has 0 atom stereocenters. The first-order valence-corrected chi connectivity index (χ1v) is 7.09. The molecule has 17 heavy (non-hydrogen) atoms. The Kier molecular flexibility index (Phi) is 7.80. The third-order valence-electron chi connectivity index (χ3n) is 3.16. The number of aliphatic imine (C=N–C) groups is 1. The van der Waals surface area contributed by atoms with E-state index in [9.17, 15) is 0 Å². The Labute approximate surface area is 106 Å². The van der Waals surface area contributed by atoms with Crippen molar-refractivity contribution < 1.29 is 0 Å². The summed E-state index contributed by atoms with van der Waals surface area (Å²) in [7, 11) is 0. The Bertz CT molecular complexity index is 207. The summed E-state index contributed by atoms with van der Waals surface area (Å²) in [5.41, 5.74) is 5.73. The molecule has 1 aliphatic heterocycles. The van der Waals surface area contributed by atoms with Crippen LogP contribution in [-0.4, -0.2) is 43.6 Å². The van der Waals surface area contributed by atoms with E-state index in [0.717, 1.165) is 25.9 Å². The Morgan fingerprint density at radius 3 is 2.59 bits per heavy atom. The molecule has 0 amide bonds. The van der Waals surface area contributed by atoms with Gasteiger partial charge in [0.1, 0.15) is 0 Å². The maximum Gasteiger partial charge on any atom is 0.188 e. The Balaban J connectivity index is 2.02. The van der Waals surface area contributed by atoms with Gasteiger partial charge in [0.25, 0.3) is 0 Å². The van der Waals surface area contributed by atoms with Gasteiger partial charge in [-0.2, -0.15) is 0 Å². The van der Waals surface area contributed by atoms with E-state index >= 15 is 0 Å². The summed E-state index contributed by atoms with van der Waals surface area (Å²) in [5, 5.41) is 3.17. The van der Waals surface area contributed by atoms with Gasteiger partial charge in [0, 0.05) is 13.1 Å².